The SMILES string of the molecule is FC1(F)Oc2ccccc2OC1(F)F. The zero-order chi connectivity index (χ0) is 10.4. The van der Waals surface area contributed by atoms with Crippen LogP contribution >= 0.6 is 0 Å². The van der Waals surface area contributed by atoms with Crippen LogP contribution in [0.15, 0.2) is 24.3 Å². The molecule has 1 aliphatic heterocycles. The van der Waals surface area contributed by atoms with Crippen molar-refractivity contribution in [2.75, 3.05) is 0 Å². The average molecular weight is 208 g/mol. The van der Waals surface area contributed by atoms with E-state index in [1.807, 2.05) is 0 Å². The van der Waals surface area contributed by atoms with Crippen LogP contribution in [-0.2, 0) is 0 Å². The van der Waals surface area contributed by atoms with Gasteiger partial charge in [0.2, 0.25) is 0 Å². The molecular formula is C8H4F4O2. The molecule has 0 aliphatic carbocycles. The molecule has 0 N–H and O–H groups in total. The molecule has 14 heavy (non-hydrogen) atoms. The number of hydrogen-bond donors (Lipinski definition) is 0. The molecule has 0 unspecified atom stereocenters. The number of fused-ring (bicyclic) bond motifs is 1. The van der Waals surface area contributed by atoms with E-state index in [-0.39, 0.29) is 0 Å². The molecule has 0 saturated heterocycles. The highest BCUT2D eigenvalue weighted by atomic mass is 19.3. The number of rotatable bonds is 0. The molecule has 6 heteroatoms. The Morgan fingerprint density at radius 1 is 0.786 bits per heavy atom. The normalized spacial score (nSPS) is 21.7. The van der Waals surface area contributed by atoms with E-state index >= 15 is 0 Å². The molecule has 0 radical (unpaired) electrons. The Kier molecular flexibility index (Phi) is 1.64. The Labute approximate surface area is 76.0 Å². The van der Waals surface area contributed by atoms with Gasteiger partial charge in [-0.15, -0.1) is 0 Å². The Hall–Kier alpha value is -1.46. The van der Waals surface area contributed by atoms with Crippen molar-refractivity contribution in [2.24, 2.45) is 0 Å². The summed E-state index contributed by atoms with van der Waals surface area (Å²) in [7, 11) is 0. The van der Waals surface area contributed by atoms with Crippen molar-refractivity contribution in [1.29, 1.82) is 0 Å². The minimum absolute atomic E-state index is 0.400. The third-order valence-corrected chi connectivity index (χ3v) is 1.66. The highest BCUT2D eigenvalue weighted by Gasteiger charge is 2.65. The van der Waals surface area contributed by atoms with Gasteiger partial charge < -0.3 is 9.47 Å². The van der Waals surface area contributed by atoms with Gasteiger partial charge in [-0.25, -0.2) is 0 Å². The number of alkyl halides is 4. The Bertz CT molecular complexity index is 329. The fourth-order valence-corrected chi connectivity index (χ4v) is 1.01. The molecular weight excluding hydrogens is 204 g/mol. The van der Waals surface area contributed by atoms with Crippen LogP contribution in [-0.4, -0.2) is 12.2 Å². The molecule has 1 heterocycles. The Balaban J connectivity index is 2.46. The van der Waals surface area contributed by atoms with E-state index < -0.39 is 23.7 Å². The summed E-state index contributed by atoms with van der Waals surface area (Å²) in [6.07, 6.45) is -9.28. The lowest BCUT2D eigenvalue weighted by Gasteiger charge is -2.31. The van der Waals surface area contributed by atoms with Crippen molar-refractivity contribution >= 4 is 0 Å². The lowest BCUT2D eigenvalue weighted by atomic mass is 10.3. The number of benzene rings is 1. The second-order valence-corrected chi connectivity index (χ2v) is 2.68. The minimum Gasteiger partial charge on any atom is -0.421 e. The lowest BCUT2D eigenvalue weighted by molar-refractivity contribution is -0.391. The molecule has 0 fully saturated rings. The fraction of sp³-hybridized carbons (Fsp3) is 0.250. The topological polar surface area (TPSA) is 18.5 Å². The van der Waals surface area contributed by atoms with Crippen molar-refractivity contribution in [3.8, 4) is 11.5 Å². The van der Waals surface area contributed by atoms with E-state index in [9.17, 15) is 17.6 Å². The fourth-order valence-electron chi connectivity index (χ4n) is 1.01. The van der Waals surface area contributed by atoms with Gasteiger partial charge >= 0.3 is 12.2 Å². The lowest BCUT2D eigenvalue weighted by Crippen LogP contribution is -2.52. The van der Waals surface area contributed by atoms with Crippen LogP contribution in [0.1, 0.15) is 0 Å². The van der Waals surface area contributed by atoms with Crippen LogP contribution in [0.2, 0.25) is 0 Å². The van der Waals surface area contributed by atoms with E-state index in [1.54, 1.807) is 0 Å². The predicted molar refractivity (Wildman–Crippen MR) is 37.6 cm³/mol. The average Bonchev–Trinajstić information content (AvgIpc) is 2.05. The number of halogens is 4. The highest BCUT2D eigenvalue weighted by molar-refractivity contribution is 5.41. The summed E-state index contributed by atoms with van der Waals surface area (Å²) in [5.74, 6) is -0.799. The molecule has 0 spiro atoms. The second-order valence-electron chi connectivity index (χ2n) is 2.68. The predicted octanol–water partition coefficient (Wildman–Crippen LogP) is 2.64. The molecule has 76 valence electrons. The number of hydrogen-bond acceptors (Lipinski definition) is 2. The van der Waals surface area contributed by atoms with E-state index in [0.717, 1.165) is 12.1 Å². The number of para-hydroxylation sites is 2. The molecule has 0 bridgehead atoms. The van der Waals surface area contributed by atoms with Gasteiger partial charge in [0.05, 0.1) is 0 Å². The highest BCUT2D eigenvalue weighted by Crippen LogP contribution is 2.46. The van der Waals surface area contributed by atoms with Crippen LogP contribution in [0, 0.1) is 0 Å². The molecule has 0 atom stereocenters. The van der Waals surface area contributed by atoms with Crippen molar-refractivity contribution < 1.29 is 27.0 Å². The quantitative estimate of drug-likeness (QED) is 0.610. The first-order valence-corrected chi connectivity index (χ1v) is 3.65. The van der Waals surface area contributed by atoms with Crippen molar-refractivity contribution in [1.82, 2.24) is 0 Å². The van der Waals surface area contributed by atoms with Gasteiger partial charge in [-0.05, 0) is 12.1 Å². The van der Waals surface area contributed by atoms with Crippen LogP contribution in [0.5, 0.6) is 11.5 Å². The first-order chi connectivity index (χ1) is 6.42. The van der Waals surface area contributed by atoms with E-state index in [4.69, 9.17) is 0 Å². The van der Waals surface area contributed by atoms with Gasteiger partial charge in [0.25, 0.3) is 0 Å². The third-order valence-electron chi connectivity index (χ3n) is 1.66. The first kappa shape index (κ1) is 9.11. The summed E-state index contributed by atoms with van der Waals surface area (Å²) >= 11 is 0. The Morgan fingerprint density at radius 3 is 1.50 bits per heavy atom. The van der Waals surface area contributed by atoms with Gasteiger partial charge in [-0.1, -0.05) is 12.1 Å². The molecule has 2 nitrogen and oxygen atoms in total. The van der Waals surface area contributed by atoms with Gasteiger partial charge in [-0.3, -0.25) is 0 Å². The van der Waals surface area contributed by atoms with Gasteiger partial charge in [0.1, 0.15) is 0 Å². The Morgan fingerprint density at radius 2 is 1.14 bits per heavy atom. The molecule has 1 aliphatic rings. The summed E-state index contributed by atoms with van der Waals surface area (Å²) in [5, 5.41) is 0. The summed E-state index contributed by atoms with van der Waals surface area (Å²) in [6.45, 7) is 0. The molecule has 0 saturated carbocycles. The van der Waals surface area contributed by atoms with Crippen molar-refractivity contribution in [2.45, 2.75) is 12.2 Å². The van der Waals surface area contributed by atoms with Gasteiger partial charge in [-0.2, -0.15) is 17.6 Å². The molecule has 1 aromatic rings. The molecule has 2 rings (SSSR count). The van der Waals surface area contributed by atoms with Crippen LogP contribution < -0.4 is 9.47 Å². The maximum absolute atomic E-state index is 12.6. The second kappa shape index (κ2) is 2.52. The van der Waals surface area contributed by atoms with E-state index in [0.29, 0.717) is 0 Å². The maximum Gasteiger partial charge on any atom is 0.507 e. The van der Waals surface area contributed by atoms with Crippen molar-refractivity contribution in [3.05, 3.63) is 24.3 Å². The smallest absolute Gasteiger partial charge is 0.421 e. The maximum atomic E-state index is 12.6. The summed E-state index contributed by atoms with van der Waals surface area (Å²) in [6, 6.07) is 5.00. The molecule has 0 amide bonds. The summed E-state index contributed by atoms with van der Waals surface area (Å²) in [4.78, 5) is 0. The van der Waals surface area contributed by atoms with E-state index in [1.165, 1.54) is 12.1 Å². The van der Waals surface area contributed by atoms with Crippen molar-refractivity contribution in [3.63, 3.8) is 0 Å². The summed E-state index contributed by atoms with van der Waals surface area (Å²) < 4.78 is 57.9. The third kappa shape index (κ3) is 1.18. The van der Waals surface area contributed by atoms with Gasteiger partial charge in [0.15, 0.2) is 11.5 Å². The van der Waals surface area contributed by atoms with E-state index in [2.05, 4.69) is 9.47 Å². The largest absolute Gasteiger partial charge is 0.507 e. The minimum atomic E-state index is -4.64. The first-order valence-electron chi connectivity index (χ1n) is 3.65. The summed E-state index contributed by atoms with van der Waals surface area (Å²) in [5.41, 5.74) is 0. The number of ether oxygens (including phenoxy) is 2. The molecule has 0 aromatic heterocycles. The molecule has 1 aromatic carbocycles. The van der Waals surface area contributed by atoms with Crippen LogP contribution in [0.4, 0.5) is 17.6 Å². The zero-order valence-electron chi connectivity index (χ0n) is 6.64. The van der Waals surface area contributed by atoms with Crippen LogP contribution in [0.3, 0.4) is 0 Å². The standard InChI is InChI=1S/C8H4F4O2/c9-7(10)8(11,12)14-6-4-2-1-3-5(6)13-7/h1-4H. The van der Waals surface area contributed by atoms with Gasteiger partial charge in [0, 0.05) is 0 Å². The van der Waals surface area contributed by atoms with Crippen LogP contribution in [0.25, 0.3) is 0 Å². The zero-order valence-corrected chi connectivity index (χ0v) is 6.64. The monoisotopic (exact) mass is 208 g/mol.